The molecular formula is C18H32N6O2. The SMILES string of the molecule is CN=C(NCCN1CCOC(C)(C)C1)N1CCOC(c2cnn(C)c2)C1. The Morgan fingerprint density at radius 1 is 1.38 bits per heavy atom. The van der Waals surface area contributed by atoms with Crippen molar-refractivity contribution in [3.8, 4) is 0 Å². The first-order valence-corrected chi connectivity index (χ1v) is 9.39. The lowest BCUT2D eigenvalue weighted by Gasteiger charge is -2.38. The van der Waals surface area contributed by atoms with E-state index in [-0.39, 0.29) is 11.7 Å². The van der Waals surface area contributed by atoms with Crippen LogP contribution in [0.5, 0.6) is 0 Å². The number of rotatable bonds is 4. The Morgan fingerprint density at radius 3 is 2.92 bits per heavy atom. The Balaban J connectivity index is 1.49. The molecule has 0 saturated carbocycles. The second-order valence-electron chi connectivity index (χ2n) is 7.61. The number of nitrogens with one attached hydrogen (secondary N) is 1. The van der Waals surface area contributed by atoms with Crippen molar-refractivity contribution in [3.63, 3.8) is 0 Å². The summed E-state index contributed by atoms with van der Waals surface area (Å²) in [6.07, 6.45) is 3.94. The monoisotopic (exact) mass is 364 g/mol. The maximum absolute atomic E-state index is 5.92. The first-order valence-electron chi connectivity index (χ1n) is 9.39. The maximum Gasteiger partial charge on any atom is 0.193 e. The summed E-state index contributed by atoms with van der Waals surface area (Å²) >= 11 is 0. The first-order chi connectivity index (χ1) is 12.5. The molecule has 1 aromatic rings. The number of aliphatic imine (C=N–C) groups is 1. The van der Waals surface area contributed by atoms with Crippen LogP contribution >= 0.6 is 0 Å². The Kier molecular flexibility index (Phi) is 6.16. The minimum atomic E-state index is -0.0545. The van der Waals surface area contributed by atoms with Crippen molar-refractivity contribution < 1.29 is 9.47 Å². The van der Waals surface area contributed by atoms with Gasteiger partial charge in [0.2, 0.25) is 0 Å². The van der Waals surface area contributed by atoms with E-state index in [1.54, 1.807) is 0 Å². The van der Waals surface area contributed by atoms with E-state index in [1.165, 1.54) is 0 Å². The Hall–Kier alpha value is -1.64. The standard InChI is InChI=1S/C18H32N6O2/c1-18(2)14-23(7-10-26-18)6-5-20-17(19-3)24-8-9-25-16(13-24)15-11-21-22(4)12-15/h11-12,16H,5-10,13-14H2,1-4H3,(H,19,20). The van der Waals surface area contributed by atoms with Gasteiger partial charge < -0.3 is 19.7 Å². The van der Waals surface area contributed by atoms with Gasteiger partial charge in [0.25, 0.3) is 0 Å². The molecule has 2 saturated heterocycles. The van der Waals surface area contributed by atoms with Crippen molar-refractivity contribution in [3.05, 3.63) is 18.0 Å². The quantitative estimate of drug-likeness (QED) is 0.619. The van der Waals surface area contributed by atoms with E-state index in [9.17, 15) is 0 Å². The second-order valence-corrected chi connectivity index (χ2v) is 7.61. The summed E-state index contributed by atoms with van der Waals surface area (Å²) in [5, 5.41) is 7.76. The number of guanidine groups is 1. The number of nitrogens with zero attached hydrogens (tertiary/aromatic N) is 5. The Morgan fingerprint density at radius 2 is 2.23 bits per heavy atom. The molecule has 3 heterocycles. The number of aromatic nitrogens is 2. The molecule has 8 nitrogen and oxygen atoms in total. The molecule has 1 aromatic heterocycles. The van der Waals surface area contributed by atoms with Crippen LogP contribution in [0, 0.1) is 0 Å². The van der Waals surface area contributed by atoms with Gasteiger partial charge in [-0.2, -0.15) is 5.10 Å². The molecule has 26 heavy (non-hydrogen) atoms. The van der Waals surface area contributed by atoms with Gasteiger partial charge in [0.05, 0.1) is 31.6 Å². The van der Waals surface area contributed by atoms with Gasteiger partial charge in [-0.25, -0.2) is 0 Å². The minimum Gasteiger partial charge on any atom is -0.373 e. The summed E-state index contributed by atoms with van der Waals surface area (Å²) in [5.74, 6) is 0.940. The van der Waals surface area contributed by atoms with E-state index in [4.69, 9.17) is 9.47 Å². The summed E-state index contributed by atoms with van der Waals surface area (Å²) in [6.45, 7) is 11.3. The van der Waals surface area contributed by atoms with Gasteiger partial charge in [0, 0.05) is 58.6 Å². The molecule has 0 radical (unpaired) electrons. The number of ether oxygens (including phenoxy) is 2. The maximum atomic E-state index is 5.92. The molecule has 146 valence electrons. The van der Waals surface area contributed by atoms with Crippen LogP contribution < -0.4 is 5.32 Å². The predicted octanol–water partition coefficient (Wildman–Crippen LogP) is 0.480. The van der Waals surface area contributed by atoms with Crippen molar-refractivity contribution in [1.82, 2.24) is 24.9 Å². The van der Waals surface area contributed by atoms with E-state index < -0.39 is 0 Å². The van der Waals surface area contributed by atoms with Crippen LogP contribution in [-0.2, 0) is 16.5 Å². The normalized spacial score (nSPS) is 24.7. The average Bonchev–Trinajstić information content (AvgIpc) is 3.05. The van der Waals surface area contributed by atoms with Gasteiger partial charge in [0.1, 0.15) is 6.10 Å². The van der Waals surface area contributed by atoms with Gasteiger partial charge >= 0.3 is 0 Å². The molecule has 2 fully saturated rings. The molecule has 0 spiro atoms. The summed E-state index contributed by atoms with van der Waals surface area (Å²) in [4.78, 5) is 9.18. The fourth-order valence-corrected chi connectivity index (χ4v) is 3.61. The average molecular weight is 364 g/mol. The molecular weight excluding hydrogens is 332 g/mol. The number of hydrogen-bond acceptors (Lipinski definition) is 5. The van der Waals surface area contributed by atoms with Crippen LogP contribution in [0.4, 0.5) is 0 Å². The van der Waals surface area contributed by atoms with Crippen molar-refractivity contribution in [1.29, 1.82) is 0 Å². The van der Waals surface area contributed by atoms with E-state index >= 15 is 0 Å². The van der Waals surface area contributed by atoms with E-state index in [1.807, 2.05) is 31.2 Å². The summed E-state index contributed by atoms with van der Waals surface area (Å²) in [5.41, 5.74) is 1.06. The third kappa shape index (κ3) is 4.96. The van der Waals surface area contributed by atoms with Gasteiger partial charge in [0.15, 0.2) is 5.96 Å². The smallest absolute Gasteiger partial charge is 0.193 e. The number of morpholine rings is 2. The Labute approximate surface area is 156 Å². The van der Waals surface area contributed by atoms with Crippen molar-refractivity contribution in [2.75, 3.05) is 59.5 Å². The minimum absolute atomic E-state index is 0.0380. The molecule has 2 aliphatic rings. The van der Waals surface area contributed by atoms with Crippen molar-refractivity contribution >= 4 is 5.96 Å². The van der Waals surface area contributed by atoms with E-state index in [2.05, 4.69) is 39.1 Å². The Bertz CT molecular complexity index is 615. The third-order valence-electron chi connectivity index (χ3n) is 4.89. The van der Waals surface area contributed by atoms with Crippen molar-refractivity contribution in [2.45, 2.75) is 25.6 Å². The topological polar surface area (TPSA) is 67.2 Å². The molecule has 0 aliphatic carbocycles. The highest BCUT2D eigenvalue weighted by Crippen LogP contribution is 2.21. The molecule has 1 atom stereocenters. The van der Waals surface area contributed by atoms with Gasteiger partial charge in [-0.05, 0) is 13.8 Å². The first kappa shape index (κ1) is 19.1. The lowest BCUT2D eigenvalue weighted by Crippen LogP contribution is -2.52. The van der Waals surface area contributed by atoms with E-state index in [0.29, 0.717) is 6.61 Å². The van der Waals surface area contributed by atoms with Gasteiger partial charge in [-0.15, -0.1) is 0 Å². The summed E-state index contributed by atoms with van der Waals surface area (Å²) in [6, 6.07) is 0. The van der Waals surface area contributed by atoms with Crippen LogP contribution in [0.25, 0.3) is 0 Å². The zero-order valence-corrected chi connectivity index (χ0v) is 16.4. The van der Waals surface area contributed by atoms with Crippen LogP contribution in [0.3, 0.4) is 0 Å². The lowest BCUT2D eigenvalue weighted by atomic mass is 10.1. The summed E-state index contributed by atoms with van der Waals surface area (Å²) in [7, 11) is 3.77. The molecule has 1 unspecified atom stereocenters. The highest BCUT2D eigenvalue weighted by Gasteiger charge is 2.27. The molecule has 0 aromatic carbocycles. The second kappa shape index (κ2) is 8.37. The highest BCUT2D eigenvalue weighted by molar-refractivity contribution is 5.80. The number of aryl methyl sites for hydroxylation is 1. The number of hydrogen-bond donors (Lipinski definition) is 1. The predicted molar refractivity (Wildman–Crippen MR) is 101 cm³/mol. The summed E-state index contributed by atoms with van der Waals surface area (Å²) < 4.78 is 13.5. The zero-order chi connectivity index (χ0) is 18.6. The molecule has 1 N–H and O–H groups in total. The zero-order valence-electron chi connectivity index (χ0n) is 16.4. The highest BCUT2D eigenvalue weighted by atomic mass is 16.5. The van der Waals surface area contributed by atoms with Crippen LogP contribution in [0.15, 0.2) is 17.4 Å². The van der Waals surface area contributed by atoms with E-state index in [0.717, 1.165) is 57.4 Å². The molecule has 0 amide bonds. The van der Waals surface area contributed by atoms with Crippen molar-refractivity contribution in [2.24, 2.45) is 12.0 Å². The molecule has 8 heteroatoms. The van der Waals surface area contributed by atoms with Crippen LogP contribution in [0.2, 0.25) is 0 Å². The molecule has 3 rings (SSSR count). The van der Waals surface area contributed by atoms with Crippen LogP contribution in [-0.4, -0.2) is 90.7 Å². The van der Waals surface area contributed by atoms with Gasteiger partial charge in [-0.3, -0.25) is 14.6 Å². The molecule has 0 bridgehead atoms. The fourth-order valence-electron chi connectivity index (χ4n) is 3.61. The lowest BCUT2D eigenvalue weighted by molar-refractivity contribution is -0.0852. The van der Waals surface area contributed by atoms with Crippen LogP contribution in [0.1, 0.15) is 25.5 Å². The largest absolute Gasteiger partial charge is 0.373 e. The van der Waals surface area contributed by atoms with Gasteiger partial charge in [-0.1, -0.05) is 0 Å². The molecule has 2 aliphatic heterocycles. The third-order valence-corrected chi connectivity index (χ3v) is 4.89. The fraction of sp³-hybridized carbons (Fsp3) is 0.778.